The molecule has 1 aromatic rings. The van der Waals surface area contributed by atoms with Crippen LogP contribution in [-0.4, -0.2) is 39.5 Å². The number of amides is 3. The molecule has 0 spiro atoms. The minimum Gasteiger partial charge on any atom is -0.338 e. The lowest BCUT2D eigenvalue weighted by Crippen LogP contribution is -2.47. The van der Waals surface area contributed by atoms with E-state index in [0.29, 0.717) is 13.1 Å². The Bertz CT molecular complexity index is 1030. The van der Waals surface area contributed by atoms with Crippen LogP contribution in [0.25, 0.3) is 0 Å². The first-order valence-corrected chi connectivity index (χ1v) is 22.3. The van der Waals surface area contributed by atoms with Gasteiger partial charge in [0.05, 0.1) is 6.33 Å². The number of aryl methyl sites for hydroxylation is 1. The zero-order valence-electron chi connectivity index (χ0n) is 34.8. The number of unbranched alkanes of at least 4 members (excludes halogenated alkanes) is 18. The van der Waals surface area contributed by atoms with Crippen molar-refractivity contribution in [1.29, 1.82) is 0 Å². The number of nitrogens with zero attached hydrogens (tertiary/aromatic N) is 3. The third-order valence-corrected chi connectivity index (χ3v) is 10.1. The van der Waals surface area contributed by atoms with Crippen LogP contribution >= 0.6 is 0 Å². The lowest BCUT2D eigenvalue weighted by molar-refractivity contribution is -0.133. The van der Waals surface area contributed by atoms with Crippen LogP contribution in [-0.2, 0) is 11.3 Å². The Morgan fingerprint density at radius 2 is 1.06 bits per heavy atom. The number of aromatic nitrogens is 2. The molecule has 1 rings (SSSR count). The Balaban J connectivity index is 2.45. The van der Waals surface area contributed by atoms with E-state index in [4.69, 9.17) is 0 Å². The molecule has 0 saturated carbocycles. The van der Waals surface area contributed by atoms with E-state index < -0.39 is 0 Å². The molecule has 1 heterocycles. The number of hydrogen-bond acceptors (Lipinski definition) is 3. The van der Waals surface area contributed by atoms with Crippen LogP contribution in [0.2, 0.25) is 0 Å². The lowest BCUT2D eigenvalue weighted by Gasteiger charge is -2.26. The zero-order valence-corrected chi connectivity index (χ0v) is 34.8. The summed E-state index contributed by atoms with van der Waals surface area (Å²) in [5.41, 5.74) is 0. The van der Waals surface area contributed by atoms with Crippen LogP contribution in [0.15, 0.2) is 67.3 Å². The quantitative estimate of drug-likeness (QED) is 0.0551. The van der Waals surface area contributed by atoms with Gasteiger partial charge in [-0.15, -0.1) is 0 Å². The molecular formula is C47H82N4O2. The summed E-state index contributed by atoms with van der Waals surface area (Å²) in [6.45, 7) is 8.12. The summed E-state index contributed by atoms with van der Waals surface area (Å²) in [6, 6.07) is -0.248. The van der Waals surface area contributed by atoms with E-state index in [1.807, 2.05) is 17.7 Å². The monoisotopic (exact) mass is 735 g/mol. The number of imide groups is 1. The van der Waals surface area contributed by atoms with Gasteiger partial charge in [0.1, 0.15) is 0 Å². The number of allylic oxidation sites excluding steroid dienone is 8. The van der Waals surface area contributed by atoms with Crippen LogP contribution in [0.4, 0.5) is 4.79 Å². The van der Waals surface area contributed by atoms with Gasteiger partial charge in [0.25, 0.3) is 0 Å². The highest BCUT2D eigenvalue weighted by Crippen LogP contribution is 2.22. The number of carbonyl (C=O) groups excluding carboxylic acids is 2. The molecule has 1 aromatic heterocycles. The van der Waals surface area contributed by atoms with E-state index in [1.54, 1.807) is 12.5 Å². The molecule has 0 radical (unpaired) electrons. The third-order valence-electron chi connectivity index (χ3n) is 10.1. The highest BCUT2D eigenvalue weighted by Gasteiger charge is 2.28. The summed E-state index contributed by atoms with van der Waals surface area (Å²) in [4.78, 5) is 32.7. The van der Waals surface area contributed by atoms with Crippen LogP contribution in [0.5, 0.6) is 0 Å². The van der Waals surface area contributed by atoms with Gasteiger partial charge in [-0.3, -0.25) is 9.69 Å². The number of imidazole rings is 1. The van der Waals surface area contributed by atoms with Crippen LogP contribution in [0.3, 0.4) is 0 Å². The number of urea groups is 1. The lowest BCUT2D eigenvalue weighted by atomic mass is 9.92. The van der Waals surface area contributed by atoms with Gasteiger partial charge in [-0.25, -0.2) is 9.78 Å². The smallest absolute Gasteiger partial charge is 0.324 e. The molecule has 6 heteroatoms. The highest BCUT2D eigenvalue weighted by atomic mass is 16.2. The molecule has 302 valence electrons. The molecule has 6 nitrogen and oxygen atoms in total. The van der Waals surface area contributed by atoms with E-state index in [9.17, 15) is 9.59 Å². The topological polar surface area (TPSA) is 67.2 Å². The standard InChI is InChI=1S/C47H82N4O2/c1-4-7-9-11-13-15-17-19-21-23-25-27-29-31-33-35-38-45(46(52)51(47(53)49-6-3)42-37-41-50-43-40-48-44-50)39-36-34-32-30-28-26-24-22-20-18-16-14-12-10-8-5-2/h13-16,19-22,40,43-45H,4-12,17-18,23-39,41-42H2,1-3H3,(H,49,53)/b15-13-,16-14-,21-19-,22-20-. The third kappa shape index (κ3) is 29.2. The van der Waals surface area contributed by atoms with Gasteiger partial charge < -0.3 is 9.88 Å². The molecule has 0 aliphatic rings. The first kappa shape index (κ1) is 48.1. The van der Waals surface area contributed by atoms with Crippen molar-refractivity contribution >= 4 is 11.9 Å². The van der Waals surface area contributed by atoms with E-state index in [0.717, 1.165) is 64.3 Å². The van der Waals surface area contributed by atoms with Gasteiger partial charge in [-0.1, -0.05) is 152 Å². The average molecular weight is 735 g/mol. The minimum atomic E-state index is -0.248. The molecular weight excluding hydrogens is 653 g/mol. The predicted molar refractivity (Wildman–Crippen MR) is 229 cm³/mol. The van der Waals surface area contributed by atoms with Crippen molar-refractivity contribution in [3.8, 4) is 0 Å². The normalized spacial score (nSPS) is 12.1. The largest absolute Gasteiger partial charge is 0.338 e. The van der Waals surface area contributed by atoms with Crippen molar-refractivity contribution in [3.63, 3.8) is 0 Å². The summed E-state index contributed by atoms with van der Waals surface area (Å²) >= 11 is 0. The maximum absolute atomic E-state index is 14.0. The average Bonchev–Trinajstić information content (AvgIpc) is 3.69. The molecule has 0 bridgehead atoms. The molecule has 0 unspecified atom stereocenters. The fourth-order valence-corrected chi connectivity index (χ4v) is 6.76. The van der Waals surface area contributed by atoms with Crippen LogP contribution < -0.4 is 5.32 Å². The second kappa shape index (κ2) is 37.4. The Labute approximate surface area is 327 Å². The second-order valence-corrected chi connectivity index (χ2v) is 14.9. The van der Waals surface area contributed by atoms with Crippen molar-refractivity contribution in [2.24, 2.45) is 5.92 Å². The molecule has 53 heavy (non-hydrogen) atoms. The Morgan fingerprint density at radius 3 is 1.49 bits per heavy atom. The van der Waals surface area contributed by atoms with E-state index in [2.05, 4.69) is 72.8 Å². The maximum atomic E-state index is 14.0. The number of rotatable bonds is 36. The number of nitrogens with one attached hydrogen (secondary N) is 1. The molecule has 1 N–H and O–H groups in total. The molecule has 0 aliphatic heterocycles. The molecule has 0 aliphatic carbocycles. The summed E-state index contributed by atoms with van der Waals surface area (Å²) in [5.74, 6) is -0.0609. The van der Waals surface area contributed by atoms with E-state index in [1.165, 1.54) is 120 Å². The van der Waals surface area contributed by atoms with Gasteiger partial charge in [-0.2, -0.15) is 0 Å². The van der Waals surface area contributed by atoms with Gasteiger partial charge in [-0.05, 0) is 90.4 Å². The molecule has 0 saturated heterocycles. The van der Waals surface area contributed by atoms with Crippen LogP contribution in [0, 0.1) is 5.92 Å². The zero-order chi connectivity index (χ0) is 38.3. The van der Waals surface area contributed by atoms with E-state index in [-0.39, 0.29) is 17.9 Å². The van der Waals surface area contributed by atoms with Gasteiger partial charge in [0.2, 0.25) is 5.91 Å². The summed E-state index contributed by atoms with van der Waals surface area (Å²) in [5, 5.41) is 2.90. The van der Waals surface area contributed by atoms with Crippen molar-refractivity contribution in [3.05, 3.63) is 67.3 Å². The highest BCUT2D eigenvalue weighted by molar-refractivity contribution is 5.95. The second-order valence-electron chi connectivity index (χ2n) is 14.9. The summed E-state index contributed by atoms with van der Waals surface area (Å²) < 4.78 is 2.01. The van der Waals surface area contributed by atoms with Crippen molar-refractivity contribution in [2.75, 3.05) is 13.1 Å². The van der Waals surface area contributed by atoms with Gasteiger partial charge >= 0.3 is 6.03 Å². The fourth-order valence-electron chi connectivity index (χ4n) is 6.76. The maximum Gasteiger partial charge on any atom is 0.324 e. The van der Waals surface area contributed by atoms with Crippen molar-refractivity contribution in [1.82, 2.24) is 19.8 Å². The van der Waals surface area contributed by atoms with Crippen LogP contribution in [0.1, 0.15) is 194 Å². The molecule has 3 amide bonds. The summed E-state index contributed by atoms with van der Waals surface area (Å²) in [7, 11) is 0. The number of carbonyl (C=O) groups is 2. The molecule has 0 atom stereocenters. The minimum absolute atomic E-state index is 0.0202. The SMILES string of the molecule is CCCCC/C=C\C/C=C\CCCCCCCCC(CCCCCCCC/C=C\C/C=C\CCCCC)C(=O)N(CCCn1ccnc1)C(=O)NCC. The Morgan fingerprint density at radius 1 is 0.604 bits per heavy atom. The van der Waals surface area contributed by atoms with E-state index >= 15 is 0 Å². The number of hydrogen-bond donors (Lipinski definition) is 1. The van der Waals surface area contributed by atoms with Gasteiger partial charge in [0, 0.05) is 37.9 Å². The van der Waals surface area contributed by atoms with Crippen molar-refractivity contribution in [2.45, 2.75) is 201 Å². The summed E-state index contributed by atoms with van der Waals surface area (Å²) in [6.07, 6.45) is 55.8. The first-order chi connectivity index (χ1) is 26.1. The molecule has 0 fully saturated rings. The Hall–Kier alpha value is -2.89. The van der Waals surface area contributed by atoms with Gasteiger partial charge in [0.15, 0.2) is 0 Å². The fraction of sp³-hybridized carbons (Fsp3) is 0.723. The van der Waals surface area contributed by atoms with Crippen molar-refractivity contribution < 1.29 is 9.59 Å². The molecule has 0 aromatic carbocycles. The first-order valence-electron chi connectivity index (χ1n) is 22.3. The predicted octanol–water partition coefficient (Wildman–Crippen LogP) is 13.9. The Kier molecular flexibility index (Phi) is 34.0.